The number of halogens is 2. The van der Waals surface area contributed by atoms with Crippen LogP contribution < -0.4 is 0 Å². The summed E-state index contributed by atoms with van der Waals surface area (Å²) in [5.41, 5.74) is 0.477. The summed E-state index contributed by atoms with van der Waals surface area (Å²) in [4.78, 5) is 11.8. The molecule has 0 radical (unpaired) electrons. The molecule has 0 spiro atoms. The Kier molecular flexibility index (Phi) is 3.66. The van der Waals surface area contributed by atoms with E-state index in [2.05, 4.69) is 15.9 Å². The van der Waals surface area contributed by atoms with Gasteiger partial charge in [0.15, 0.2) is 0 Å². The van der Waals surface area contributed by atoms with Crippen LogP contribution in [0.5, 0.6) is 0 Å². The lowest BCUT2D eigenvalue weighted by Crippen LogP contribution is -2.22. The van der Waals surface area contributed by atoms with Gasteiger partial charge in [-0.25, -0.2) is 4.39 Å². The van der Waals surface area contributed by atoms with Crippen molar-refractivity contribution >= 4 is 21.7 Å². The fourth-order valence-electron chi connectivity index (χ4n) is 1.10. The zero-order valence-corrected chi connectivity index (χ0v) is 10.7. The molecule has 1 aromatic carbocycles. The molecule has 0 aliphatic carbocycles. The second-order valence-corrected chi connectivity index (χ2v) is 5.44. The summed E-state index contributed by atoms with van der Waals surface area (Å²) in [6, 6.07) is 4.39. The van der Waals surface area contributed by atoms with Crippen LogP contribution in [-0.4, -0.2) is 5.78 Å². The molecule has 3 heteroatoms. The molecular weight excluding hydrogens is 259 g/mol. The lowest BCUT2D eigenvalue weighted by atomic mass is 9.87. The van der Waals surface area contributed by atoms with Crippen LogP contribution in [0.4, 0.5) is 4.39 Å². The van der Waals surface area contributed by atoms with Gasteiger partial charge in [0.2, 0.25) is 0 Å². The molecule has 82 valence electrons. The Bertz CT molecular complexity index is 380. The van der Waals surface area contributed by atoms with Crippen molar-refractivity contribution < 1.29 is 9.18 Å². The fraction of sp³-hybridized carbons (Fsp3) is 0.417. The molecule has 0 aliphatic rings. The lowest BCUT2D eigenvalue weighted by Gasteiger charge is -2.16. The first-order valence-electron chi connectivity index (χ1n) is 4.78. The Morgan fingerprint density at radius 1 is 1.40 bits per heavy atom. The molecule has 0 saturated heterocycles. The van der Waals surface area contributed by atoms with Crippen LogP contribution in [0.1, 0.15) is 26.3 Å². The maximum absolute atomic E-state index is 12.8. The normalized spacial score (nSPS) is 11.5. The molecular formula is C12H14BrFO. The van der Waals surface area contributed by atoms with Gasteiger partial charge < -0.3 is 0 Å². The third-order valence-electron chi connectivity index (χ3n) is 2.20. The van der Waals surface area contributed by atoms with Gasteiger partial charge in [0.25, 0.3) is 0 Å². The Morgan fingerprint density at radius 3 is 2.47 bits per heavy atom. The highest BCUT2D eigenvalue weighted by molar-refractivity contribution is 9.10. The van der Waals surface area contributed by atoms with Crippen molar-refractivity contribution in [2.24, 2.45) is 5.41 Å². The van der Waals surface area contributed by atoms with Gasteiger partial charge in [0.05, 0.1) is 0 Å². The Labute approximate surface area is 97.8 Å². The number of Topliss-reactive ketones (excluding diaryl/α,β-unsaturated/α-hetero) is 1. The van der Waals surface area contributed by atoms with Crippen LogP contribution in [0.25, 0.3) is 0 Å². The van der Waals surface area contributed by atoms with Crippen LogP contribution in [-0.2, 0) is 11.2 Å². The summed E-state index contributed by atoms with van der Waals surface area (Å²) in [5.74, 6) is -0.149. The van der Waals surface area contributed by atoms with Crippen LogP contribution in [0, 0.1) is 11.2 Å². The van der Waals surface area contributed by atoms with E-state index < -0.39 is 0 Å². The minimum atomic E-state index is -0.353. The highest BCUT2D eigenvalue weighted by atomic mass is 79.9. The second kappa shape index (κ2) is 4.44. The van der Waals surface area contributed by atoms with Gasteiger partial charge in [0.1, 0.15) is 11.6 Å². The second-order valence-electron chi connectivity index (χ2n) is 4.59. The van der Waals surface area contributed by atoms with E-state index in [0.717, 1.165) is 5.56 Å². The Hall–Kier alpha value is -0.700. The fourth-order valence-corrected chi connectivity index (χ4v) is 1.59. The van der Waals surface area contributed by atoms with Crippen molar-refractivity contribution in [1.82, 2.24) is 0 Å². The maximum Gasteiger partial charge on any atom is 0.142 e. The topological polar surface area (TPSA) is 17.1 Å². The summed E-state index contributed by atoms with van der Waals surface area (Å²) in [7, 11) is 0. The lowest BCUT2D eigenvalue weighted by molar-refractivity contribution is -0.125. The molecule has 0 fully saturated rings. The smallest absolute Gasteiger partial charge is 0.142 e. The highest BCUT2D eigenvalue weighted by Crippen LogP contribution is 2.23. The SMILES string of the molecule is CC(C)(C)C(=O)Cc1ccc(F)cc1Br. The van der Waals surface area contributed by atoms with Crippen LogP contribution >= 0.6 is 15.9 Å². The summed E-state index contributed by atoms with van der Waals surface area (Å²) in [5, 5.41) is 0. The number of hydrogen-bond donors (Lipinski definition) is 0. The molecule has 0 atom stereocenters. The molecule has 0 N–H and O–H groups in total. The van der Waals surface area contributed by atoms with Gasteiger partial charge >= 0.3 is 0 Å². The Balaban J connectivity index is 2.87. The highest BCUT2D eigenvalue weighted by Gasteiger charge is 2.21. The molecule has 0 heterocycles. The quantitative estimate of drug-likeness (QED) is 0.802. The van der Waals surface area contributed by atoms with Crippen molar-refractivity contribution in [3.8, 4) is 0 Å². The van der Waals surface area contributed by atoms with Gasteiger partial charge in [-0.1, -0.05) is 42.8 Å². The van der Waals surface area contributed by atoms with Gasteiger partial charge in [-0.3, -0.25) is 4.79 Å². The molecule has 0 unspecified atom stereocenters. The van der Waals surface area contributed by atoms with Crippen molar-refractivity contribution in [2.75, 3.05) is 0 Å². The van der Waals surface area contributed by atoms with Gasteiger partial charge in [-0.15, -0.1) is 0 Å². The van der Waals surface area contributed by atoms with E-state index in [1.54, 1.807) is 6.07 Å². The summed E-state index contributed by atoms with van der Waals surface area (Å²) < 4.78 is 13.5. The van der Waals surface area contributed by atoms with Crippen LogP contribution in [0.2, 0.25) is 0 Å². The number of rotatable bonds is 2. The molecule has 0 saturated carbocycles. The molecule has 0 aliphatic heterocycles. The van der Waals surface area contributed by atoms with E-state index in [0.29, 0.717) is 10.9 Å². The average molecular weight is 273 g/mol. The van der Waals surface area contributed by atoms with E-state index in [9.17, 15) is 9.18 Å². The zero-order chi connectivity index (χ0) is 11.6. The van der Waals surface area contributed by atoms with E-state index in [1.165, 1.54) is 12.1 Å². The minimum Gasteiger partial charge on any atom is -0.299 e. The predicted octanol–water partition coefficient (Wildman–Crippen LogP) is 3.75. The van der Waals surface area contributed by atoms with Crippen molar-refractivity contribution in [2.45, 2.75) is 27.2 Å². The minimum absolute atomic E-state index is 0.148. The van der Waals surface area contributed by atoms with Gasteiger partial charge in [-0.2, -0.15) is 0 Å². The number of carbonyl (C=O) groups excluding carboxylic acids is 1. The summed E-state index contributed by atoms with van der Waals surface area (Å²) in [6.07, 6.45) is 0.338. The zero-order valence-electron chi connectivity index (χ0n) is 9.10. The molecule has 1 aromatic rings. The van der Waals surface area contributed by atoms with Crippen molar-refractivity contribution in [1.29, 1.82) is 0 Å². The third kappa shape index (κ3) is 3.42. The van der Waals surface area contributed by atoms with E-state index in [-0.39, 0.29) is 17.0 Å². The largest absolute Gasteiger partial charge is 0.299 e. The van der Waals surface area contributed by atoms with Crippen molar-refractivity contribution in [3.05, 3.63) is 34.1 Å². The number of benzene rings is 1. The number of carbonyl (C=O) groups is 1. The molecule has 1 rings (SSSR count). The van der Waals surface area contributed by atoms with Crippen LogP contribution in [0.15, 0.2) is 22.7 Å². The number of hydrogen-bond acceptors (Lipinski definition) is 1. The first-order chi connectivity index (χ1) is 6.80. The van der Waals surface area contributed by atoms with Crippen LogP contribution in [0.3, 0.4) is 0 Å². The van der Waals surface area contributed by atoms with Gasteiger partial charge in [-0.05, 0) is 17.7 Å². The van der Waals surface area contributed by atoms with Gasteiger partial charge in [0, 0.05) is 16.3 Å². The molecule has 0 amide bonds. The first-order valence-corrected chi connectivity index (χ1v) is 5.57. The van der Waals surface area contributed by atoms with E-state index >= 15 is 0 Å². The van der Waals surface area contributed by atoms with E-state index in [4.69, 9.17) is 0 Å². The summed E-state index contributed by atoms with van der Waals surface area (Å²) in [6.45, 7) is 5.65. The molecule has 0 bridgehead atoms. The van der Waals surface area contributed by atoms with E-state index in [1.807, 2.05) is 20.8 Å². The monoisotopic (exact) mass is 272 g/mol. The number of ketones is 1. The summed E-state index contributed by atoms with van der Waals surface area (Å²) >= 11 is 3.25. The average Bonchev–Trinajstić information content (AvgIpc) is 2.08. The predicted molar refractivity (Wildman–Crippen MR) is 62.3 cm³/mol. The molecule has 0 aromatic heterocycles. The molecule has 15 heavy (non-hydrogen) atoms. The third-order valence-corrected chi connectivity index (χ3v) is 2.94. The Morgan fingerprint density at radius 2 is 2.00 bits per heavy atom. The maximum atomic E-state index is 12.8. The van der Waals surface area contributed by atoms with Crippen molar-refractivity contribution in [3.63, 3.8) is 0 Å². The first kappa shape index (κ1) is 12.4. The standard InChI is InChI=1S/C12H14BrFO/c1-12(2,3)11(15)6-8-4-5-9(14)7-10(8)13/h4-5,7H,6H2,1-3H3. The molecule has 1 nitrogen and oxygen atoms in total.